The molecule has 350 valence electrons. The van der Waals surface area contributed by atoms with Gasteiger partial charge in [-0.25, -0.2) is 0 Å². The molecule has 0 bridgehead atoms. The highest BCUT2D eigenvalue weighted by atomic mass is 15.2. The third-order valence-corrected chi connectivity index (χ3v) is 17.1. The van der Waals surface area contributed by atoms with Crippen molar-refractivity contribution in [1.29, 1.82) is 0 Å². The van der Waals surface area contributed by atoms with E-state index < -0.39 is 0 Å². The normalized spacial score (nSPS) is 14.8. The molecule has 0 aliphatic heterocycles. The molecule has 0 fully saturated rings. The second-order valence-corrected chi connectivity index (χ2v) is 24.2. The zero-order valence-corrected chi connectivity index (χ0v) is 43.2. The van der Waals surface area contributed by atoms with E-state index in [1.54, 1.807) is 0 Å². The third kappa shape index (κ3) is 5.84. The van der Waals surface area contributed by atoms with Crippen molar-refractivity contribution >= 4 is 110 Å². The number of para-hydroxylation sites is 2. The molecule has 0 spiro atoms. The molecule has 12 aromatic rings. The van der Waals surface area contributed by atoms with Gasteiger partial charge in [0.25, 0.3) is 0 Å². The van der Waals surface area contributed by atoms with Crippen LogP contribution in [0.25, 0.3) is 75.4 Å². The van der Waals surface area contributed by atoms with Crippen LogP contribution in [0, 0.1) is 0 Å². The number of benzene rings is 12. The molecule has 14 rings (SSSR count). The maximum Gasteiger partial charge on any atom is 0.0543 e. The smallest absolute Gasteiger partial charge is 0.0543 e. The molecule has 0 unspecified atom stereocenters. The van der Waals surface area contributed by atoms with Crippen LogP contribution in [-0.2, 0) is 21.7 Å². The Morgan fingerprint density at radius 3 is 1.04 bits per heavy atom. The van der Waals surface area contributed by atoms with Crippen LogP contribution in [-0.4, -0.2) is 0 Å². The van der Waals surface area contributed by atoms with Gasteiger partial charge in [-0.1, -0.05) is 191 Å². The van der Waals surface area contributed by atoms with E-state index in [2.05, 4.69) is 261 Å². The highest BCUT2D eigenvalue weighted by molar-refractivity contribution is 6.30. The predicted octanol–water partition coefficient (Wildman–Crippen LogP) is 20.0. The SMILES string of the molecule is CC(C)(C)c1cc(N(c2ccccc2)c2cc3c4c(ccc5cccc(c54)C3(C)C)c2)c2ccc3c(C(C)(C)C)cc(N(c4ccccc4)c4cc5c6c(ccc7cccc(c76)C5(C)C)c4)c4ccc1c2c43. The molecule has 0 aromatic heterocycles. The summed E-state index contributed by atoms with van der Waals surface area (Å²) in [6.45, 7) is 24.0. The lowest BCUT2D eigenvalue weighted by Crippen LogP contribution is -2.19. The molecule has 0 amide bonds. The van der Waals surface area contributed by atoms with Gasteiger partial charge in [-0.3, -0.25) is 0 Å². The van der Waals surface area contributed by atoms with Crippen LogP contribution in [0.15, 0.2) is 182 Å². The van der Waals surface area contributed by atoms with E-state index in [0.717, 1.165) is 11.4 Å². The summed E-state index contributed by atoms with van der Waals surface area (Å²) >= 11 is 0. The number of anilines is 6. The van der Waals surface area contributed by atoms with Crippen LogP contribution in [0.3, 0.4) is 0 Å². The standard InChI is InChI=1S/C70H60N2/c1-67(2,3)55-39-59(71(45-21-13-11-14-22-45)47-35-43-29-27-41-19-17-25-53-61(41)63(43)57(37-47)69(53,7)8)51-34-32-50-56(68(4,5)6)40-60(52-33-31-49(55)65(51)66(50)52)72(46-23-15-12-16-24-46)48-36-44-30-28-42-20-18-26-54-62(42)64(44)58(38-48)70(54,9)10/h11-40H,1-10H3. The van der Waals surface area contributed by atoms with E-state index in [9.17, 15) is 0 Å². The quantitative estimate of drug-likeness (QED) is 0.153. The largest absolute Gasteiger partial charge is 0.310 e. The summed E-state index contributed by atoms with van der Waals surface area (Å²) in [6, 6.07) is 70.0. The Balaban J connectivity index is 1.09. The molecule has 0 saturated heterocycles. The monoisotopic (exact) mass is 928 g/mol. The Kier molecular flexibility index (Phi) is 8.68. The molecule has 2 nitrogen and oxygen atoms in total. The van der Waals surface area contributed by atoms with Gasteiger partial charge in [0.15, 0.2) is 0 Å². The van der Waals surface area contributed by atoms with Crippen molar-refractivity contribution in [2.24, 2.45) is 0 Å². The molecule has 2 aliphatic carbocycles. The van der Waals surface area contributed by atoms with Crippen molar-refractivity contribution in [3.05, 3.63) is 215 Å². The number of nitrogens with zero attached hydrogens (tertiary/aromatic N) is 2. The van der Waals surface area contributed by atoms with E-state index in [-0.39, 0.29) is 21.7 Å². The summed E-state index contributed by atoms with van der Waals surface area (Å²) in [5.74, 6) is 0. The zero-order valence-electron chi connectivity index (χ0n) is 43.2. The summed E-state index contributed by atoms with van der Waals surface area (Å²) in [5, 5.41) is 18.6. The third-order valence-electron chi connectivity index (χ3n) is 17.1. The van der Waals surface area contributed by atoms with Gasteiger partial charge in [-0.15, -0.1) is 0 Å². The van der Waals surface area contributed by atoms with E-state index in [1.807, 2.05) is 0 Å². The molecular formula is C70H60N2. The second kappa shape index (κ2) is 14.5. The van der Waals surface area contributed by atoms with E-state index in [0.29, 0.717) is 0 Å². The maximum atomic E-state index is 2.57. The van der Waals surface area contributed by atoms with Gasteiger partial charge in [-0.05, 0) is 170 Å². The minimum atomic E-state index is -0.165. The first-order valence-electron chi connectivity index (χ1n) is 26.0. The summed E-state index contributed by atoms with van der Waals surface area (Å²) < 4.78 is 0. The molecule has 72 heavy (non-hydrogen) atoms. The fourth-order valence-electron chi connectivity index (χ4n) is 13.6. The van der Waals surface area contributed by atoms with Crippen molar-refractivity contribution in [2.75, 3.05) is 9.80 Å². The molecule has 0 radical (unpaired) electrons. The van der Waals surface area contributed by atoms with E-state index in [1.165, 1.54) is 132 Å². The molecule has 0 N–H and O–H groups in total. The maximum absolute atomic E-state index is 2.57. The van der Waals surface area contributed by atoms with Crippen molar-refractivity contribution in [2.45, 2.75) is 90.9 Å². The number of hydrogen-bond acceptors (Lipinski definition) is 2. The molecular weight excluding hydrogens is 869 g/mol. The topological polar surface area (TPSA) is 6.48 Å². The Hall–Kier alpha value is -7.68. The fraction of sp³-hybridized carbons (Fsp3) is 0.200. The molecule has 0 heterocycles. The van der Waals surface area contributed by atoms with Crippen LogP contribution >= 0.6 is 0 Å². The Morgan fingerprint density at radius 2 is 0.653 bits per heavy atom. The number of hydrogen-bond donors (Lipinski definition) is 0. The first-order chi connectivity index (χ1) is 34.5. The van der Waals surface area contributed by atoms with Gasteiger partial charge in [0.2, 0.25) is 0 Å². The van der Waals surface area contributed by atoms with Crippen molar-refractivity contribution in [1.82, 2.24) is 0 Å². The van der Waals surface area contributed by atoms with Crippen LogP contribution in [0.5, 0.6) is 0 Å². The van der Waals surface area contributed by atoms with Crippen LogP contribution in [0.2, 0.25) is 0 Å². The first kappa shape index (κ1) is 43.1. The average Bonchev–Trinajstić information content (AvgIpc) is 3.75. The minimum Gasteiger partial charge on any atom is -0.310 e. The number of rotatable bonds is 6. The first-order valence-corrected chi connectivity index (χ1v) is 26.0. The molecule has 0 atom stereocenters. The van der Waals surface area contributed by atoms with Crippen LogP contribution in [0.1, 0.15) is 103 Å². The Bertz CT molecular complexity index is 4000. The van der Waals surface area contributed by atoms with E-state index >= 15 is 0 Å². The summed E-state index contributed by atoms with van der Waals surface area (Å²) in [7, 11) is 0. The highest BCUT2D eigenvalue weighted by Crippen LogP contribution is 2.56. The molecule has 2 heteroatoms. The lowest BCUT2D eigenvalue weighted by atomic mass is 9.77. The van der Waals surface area contributed by atoms with Crippen LogP contribution in [0.4, 0.5) is 34.1 Å². The summed E-state index contributed by atoms with van der Waals surface area (Å²) in [4.78, 5) is 5.13. The highest BCUT2D eigenvalue weighted by Gasteiger charge is 2.38. The minimum absolute atomic E-state index is 0.154. The molecule has 0 saturated carbocycles. The van der Waals surface area contributed by atoms with Gasteiger partial charge in [0, 0.05) is 44.4 Å². The fourth-order valence-corrected chi connectivity index (χ4v) is 13.6. The molecule has 12 aromatic carbocycles. The average molecular weight is 929 g/mol. The van der Waals surface area contributed by atoms with Crippen molar-refractivity contribution < 1.29 is 0 Å². The second-order valence-electron chi connectivity index (χ2n) is 24.2. The Morgan fingerprint density at radius 1 is 0.292 bits per heavy atom. The summed E-state index contributed by atoms with van der Waals surface area (Å²) in [6.07, 6.45) is 0. The van der Waals surface area contributed by atoms with Crippen molar-refractivity contribution in [3.8, 4) is 0 Å². The van der Waals surface area contributed by atoms with E-state index in [4.69, 9.17) is 0 Å². The lowest BCUT2D eigenvalue weighted by molar-refractivity contribution is 0.595. The van der Waals surface area contributed by atoms with Crippen LogP contribution < -0.4 is 9.80 Å². The predicted molar refractivity (Wildman–Crippen MR) is 311 cm³/mol. The van der Waals surface area contributed by atoms with Gasteiger partial charge < -0.3 is 9.80 Å². The van der Waals surface area contributed by atoms with Gasteiger partial charge in [0.1, 0.15) is 0 Å². The van der Waals surface area contributed by atoms with Gasteiger partial charge in [0.05, 0.1) is 11.4 Å². The zero-order chi connectivity index (χ0) is 49.4. The summed E-state index contributed by atoms with van der Waals surface area (Å²) in [5.41, 5.74) is 14.7. The van der Waals surface area contributed by atoms with Crippen molar-refractivity contribution in [3.63, 3.8) is 0 Å². The Labute approximate surface area is 423 Å². The van der Waals surface area contributed by atoms with Gasteiger partial charge >= 0.3 is 0 Å². The van der Waals surface area contributed by atoms with Gasteiger partial charge in [-0.2, -0.15) is 0 Å². The lowest BCUT2D eigenvalue weighted by Gasteiger charge is -2.34. The molecule has 2 aliphatic rings.